The van der Waals surface area contributed by atoms with Gasteiger partial charge < -0.3 is 9.72 Å². The topological polar surface area (TPSA) is 37.9 Å². The SMILES string of the molecule is CCOC(c1nc(=S)c(C)c(C)[nH]1)C1CCCCC1. The van der Waals surface area contributed by atoms with E-state index in [2.05, 4.69) is 16.9 Å². The van der Waals surface area contributed by atoms with Crippen LogP contribution in [0.25, 0.3) is 0 Å². The fourth-order valence-corrected chi connectivity index (χ4v) is 3.11. The Morgan fingerprint density at radius 2 is 2.00 bits per heavy atom. The van der Waals surface area contributed by atoms with Crippen molar-refractivity contribution in [2.24, 2.45) is 5.92 Å². The zero-order chi connectivity index (χ0) is 13.8. The van der Waals surface area contributed by atoms with Crippen molar-refractivity contribution in [3.05, 3.63) is 21.7 Å². The summed E-state index contributed by atoms with van der Waals surface area (Å²) in [4.78, 5) is 7.96. The minimum atomic E-state index is 0.0753. The van der Waals surface area contributed by atoms with Crippen LogP contribution in [0.3, 0.4) is 0 Å². The molecule has 1 heterocycles. The molecule has 4 heteroatoms. The second-order valence-corrected chi connectivity index (χ2v) is 5.84. The lowest BCUT2D eigenvalue weighted by Gasteiger charge is -2.29. The van der Waals surface area contributed by atoms with Crippen LogP contribution in [-0.2, 0) is 4.74 Å². The van der Waals surface area contributed by atoms with Crippen molar-refractivity contribution in [3.63, 3.8) is 0 Å². The highest BCUT2D eigenvalue weighted by molar-refractivity contribution is 7.71. The molecule has 3 nitrogen and oxygen atoms in total. The number of aromatic nitrogens is 2. The van der Waals surface area contributed by atoms with Crippen molar-refractivity contribution in [3.8, 4) is 0 Å². The van der Waals surface area contributed by atoms with E-state index in [1.165, 1.54) is 32.1 Å². The molecule has 1 aromatic rings. The number of nitrogens with zero attached hydrogens (tertiary/aromatic N) is 1. The van der Waals surface area contributed by atoms with E-state index in [-0.39, 0.29) is 6.10 Å². The van der Waals surface area contributed by atoms with E-state index in [9.17, 15) is 0 Å². The van der Waals surface area contributed by atoms with E-state index in [4.69, 9.17) is 17.0 Å². The molecule has 0 aliphatic heterocycles. The Morgan fingerprint density at radius 1 is 1.32 bits per heavy atom. The molecule has 1 aliphatic rings. The van der Waals surface area contributed by atoms with Gasteiger partial charge in [-0.15, -0.1) is 0 Å². The molecule has 1 atom stereocenters. The molecule has 0 aromatic carbocycles. The van der Waals surface area contributed by atoms with Gasteiger partial charge >= 0.3 is 0 Å². The molecule has 0 saturated heterocycles. The third-order valence-corrected chi connectivity index (χ3v) is 4.51. The van der Waals surface area contributed by atoms with Gasteiger partial charge in [0.2, 0.25) is 0 Å². The summed E-state index contributed by atoms with van der Waals surface area (Å²) in [6.07, 6.45) is 6.51. The number of rotatable bonds is 4. The van der Waals surface area contributed by atoms with Crippen LogP contribution in [0.2, 0.25) is 0 Å². The molecule has 0 radical (unpaired) electrons. The maximum absolute atomic E-state index is 5.98. The Bertz CT molecular complexity index is 478. The fraction of sp³-hybridized carbons (Fsp3) is 0.733. The summed E-state index contributed by atoms with van der Waals surface area (Å²) in [6.45, 7) is 6.84. The second-order valence-electron chi connectivity index (χ2n) is 5.45. The Morgan fingerprint density at radius 3 is 2.58 bits per heavy atom. The van der Waals surface area contributed by atoms with Crippen LogP contribution < -0.4 is 0 Å². The highest BCUT2D eigenvalue weighted by Crippen LogP contribution is 2.35. The maximum Gasteiger partial charge on any atom is 0.137 e. The molecule has 0 spiro atoms. The van der Waals surface area contributed by atoms with Crippen LogP contribution in [0.15, 0.2) is 0 Å². The molecule has 0 amide bonds. The van der Waals surface area contributed by atoms with E-state index >= 15 is 0 Å². The lowest BCUT2D eigenvalue weighted by Crippen LogP contribution is -2.22. The zero-order valence-electron chi connectivity index (χ0n) is 12.2. The van der Waals surface area contributed by atoms with E-state index in [1.54, 1.807) is 0 Å². The summed E-state index contributed by atoms with van der Waals surface area (Å²) >= 11 is 5.35. The number of aryl methyl sites for hydroxylation is 1. The van der Waals surface area contributed by atoms with Gasteiger partial charge in [0.1, 0.15) is 16.6 Å². The monoisotopic (exact) mass is 280 g/mol. The summed E-state index contributed by atoms with van der Waals surface area (Å²) in [5.74, 6) is 1.50. The second kappa shape index (κ2) is 6.62. The van der Waals surface area contributed by atoms with Crippen molar-refractivity contribution >= 4 is 12.2 Å². The van der Waals surface area contributed by atoms with Crippen LogP contribution in [0.1, 0.15) is 62.2 Å². The number of ether oxygens (including phenoxy) is 1. The molecule has 19 heavy (non-hydrogen) atoms. The van der Waals surface area contributed by atoms with Gasteiger partial charge in [-0.2, -0.15) is 0 Å². The molecule has 1 fully saturated rings. The first-order valence-electron chi connectivity index (χ1n) is 7.32. The predicted molar refractivity (Wildman–Crippen MR) is 79.8 cm³/mol. The molecule has 2 rings (SSSR count). The van der Waals surface area contributed by atoms with Crippen molar-refractivity contribution in [2.45, 2.75) is 59.0 Å². The van der Waals surface area contributed by atoms with Crippen LogP contribution in [0.5, 0.6) is 0 Å². The lowest BCUT2D eigenvalue weighted by molar-refractivity contribution is -0.000377. The minimum absolute atomic E-state index is 0.0753. The molecule has 1 saturated carbocycles. The third kappa shape index (κ3) is 3.42. The summed E-state index contributed by atoms with van der Waals surface area (Å²) < 4.78 is 6.68. The first-order valence-corrected chi connectivity index (χ1v) is 7.73. The van der Waals surface area contributed by atoms with Gasteiger partial charge in [0.15, 0.2) is 0 Å². The molecule has 106 valence electrons. The molecular formula is C15H24N2OS. The van der Waals surface area contributed by atoms with Crippen molar-refractivity contribution in [1.82, 2.24) is 9.97 Å². The van der Waals surface area contributed by atoms with E-state index in [0.29, 0.717) is 10.6 Å². The van der Waals surface area contributed by atoms with Gasteiger partial charge in [-0.05, 0) is 39.5 Å². The fourth-order valence-electron chi connectivity index (χ4n) is 2.86. The van der Waals surface area contributed by atoms with Gasteiger partial charge in [0.25, 0.3) is 0 Å². The zero-order valence-corrected chi connectivity index (χ0v) is 13.0. The number of nitrogens with one attached hydrogen (secondary N) is 1. The molecule has 1 unspecified atom stereocenters. The van der Waals surface area contributed by atoms with Crippen molar-refractivity contribution in [2.75, 3.05) is 6.61 Å². The number of H-pyrrole nitrogens is 1. The Kier molecular flexibility index (Phi) is 5.11. The van der Waals surface area contributed by atoms with Crippen LogP contribution in [-0.4, -0.2) is 16.6 Å². The summed E-state index contributed by atoms with van der Waals surface area (Å²) in [7, 11) is 0. The summed E-state index contributed by atoms with van der Waals surface area (Å²) in [5.41, 5.74) is 2.17. The van der Waals surface area contributed by atoms with E-state index < -0.39 is 0 Å². The van der Waals surface area contributed by atoms with Gasteiger partial charge in [-0.25, -0.2) is 4.98 Å². The summed E-state index contributed by atoms with van der Waals surface area (Å²) in [6, 6.07) is 0. The Hall–Kier alpha value is -0.740. The van der Waals surface area contributed by atoms with Crippen molar-refractivity contribution in [1.29, 1.82) is 0 Å². The molecule has 0 bridgehead atoms. The highest BCUT2D eigenvalue weighted by Gasteiger charge is 2.27. The van der Waals surface area contributed by atoms with Gasteiger partial charge in [0.05, 0.1) is 0 Å². The average Bonchev–Trinajstić information content (AvgIpc) is 2.42. The number of hydrogen-bond donors (Lipinski definition) is 1. The molecule has 1 aromatic heterocycles. The Labute approximate surface area is 120 Å². The number of aromatic amines is 1. The largest absolute Gasteiger partial charge is 0.370 e. The maximum atomic E-state index is 5.98. The predicted octanol–water partition coefficient (Wildman–Crippen LogP) is 4.41. The normalized spacial score (nSPS) is 18.5. The third-order valence-electron chi connectivity index (χ3n) is 4.11. The van der Waals surface area contributed by atoms with Crippen LogP contribution in [0, 0.1) is 24.4 Å². The summed E-state index contributed by atoms with van der Waals surface area (Å²) in [5, 5.41) is 0. The first kappa shape index (κ1) is 14.7. The molecule has 1 aliphatic carbocycles. The van der Waals surface area contributed by atoms with E-state index in [1.807, 2.05) is 13.8 Å². The minimum Gasteiger partial charge on any atom is -0.370 e. The van der Waals surface area contributed by atoms with Gasteiger partial charge in [-0.1, -0.05) is 31.5 Å². The first-order chi connectivity index (χ1) is 9.13. The van der Waals surface area contributed by atoms with Crippen molar-refractivity contribution < 1.29 is 4.74 Å². The molecule has 1 N–H and O–H groups in total. The average molecular weight is 280 g/mol. The standard InChI is InChI=1S/C15H24N2OS/c1-4-18-13(12-8-6-5-7-9-12)14-16-11(3)10(2)15(19)17-14/h12-13H,4-9H2,1-3H3,(H,16,17,19). The Balaban J connectivity index is 2.30. The molecular weight excluding hydrogens is 256 g/mol. The highest BCUT2D eigenvalue weighted by atomic mass is 32.1. The van der Waals surface area contributed by atoms with Gasteiger partial charge in [0, 0.05) is 17.9 Å². The van der Waals surface area contributed by atoms with Gasteiger partial charge in [-0.3, -0.25) is 0 Å². The van der Waals surface area contributed by atoms with Crippen LogP contribution >= 0.6 is 12.2 Å². The smallest absolute Gasteiger partial charge is 0.137 e. The van der Waals surface area contributed by atoms with Crippen LogP contribution in [0.4, 0.5) is 0 Å². The number of hydrogen-bond acceptors (Lipinski definition) is 3. The quantitative estimate of drug-likeness (QED) is 0.830. The van der Waals surface area contributed by atoms with E-state index in [0.717, 1.165) is 23.7 Å². The lowest BCUT2D eigenvalue weighted by atomic mass is 9.85.